The summed E-state index contributed by atoms with van der Waals surface area (Å²) in [7, 11) is 2.08. The van der Waals surface area contributed by atoms with Crippen LogP contribution in [0.3, 0.4) is 0 Å². The third-order valence-corrected chi connectivity index (χ3v) is 6.13. The minimum absolute atomic E-state index is 0.000293. The first-order valence-corrected chi connectivity index (χ1v) is 9.98. The number of nitrogens with zero attached hydrogens (tertiary/aromatic N) is 4. The molecule has 1 amide bonds. The quantitative estimate of drug-likeness (QED) is 0.681. The molecule has 3 heterocycles. The number of carbonyl (C=O) groups is 1. The van der Waals surface area contributed by atoms with Gasteiger partial charge >= 0.3 is 0 Å². The Morgan fingerprint density at radius 3 is 2.66 bits per heavy atom. The van der Waals surface area contributed by atoms with E-state index >= 15 is 0 Å². The minimum Gasteiger partial charge on any atom is -0.365 e. The summed E-state index contributed by atoms with van der Waals surface area (Å²) in [5.41, 5.74) is 4.11. The lowest BCUT2D eigenvalue weighted by Crippen LogP contribution is -2.44. The average Bonchev–Trinajstić information content (AvgIpc) is 3.42. The molecule has 1 fully saturated rings. The topological polar surface area (TPSA) is 62.5 Å². The average molecular weight is 384 g/mol. The summed E-state index contributed by atoms with van der Waals surface area (Å²) < 4.78 is 5.37. The smallest absolute Gasteiger partial charge is 0.251 e. The van der Waals surface area contributed by atoms with Crippen molar-refractivity contribution in [3.63, 3.8) is 0 Å². The third kappa shape index (κ3) is 2.52. The molecule has 6 rings (SSSR count). The van der Waals surface area contributed by atoms with E-state index in [1.54, 1.807) is 6.08 Å². The number of para-hydroxylation sites is 1. The normalized spacial score (nSPS) is 22.7. The van der Waals surface area contributed by atoms with Gasteiger partial charge in [0.15, 0.2) is 0 Å². The van der Waals surface area contributed by atoms with Crippen molar-refractivity contribution in [1.82, 2.24) is 10.1 Å². The standard InChI is InChI=1S/C23H20N4O2/c1-26-18-5-3-2-4-17(18)21-19(26)12-13-20(28)27(21)16-10-8-14(9-11-16)22-24-23(29-25-22)15-6-7-15/h2-5,8-13,15,19,21H,6-7H2,1H3. The molecule has 1 aliphatic carbocycles. The molecular weight excluding hydrogens is 364 g/mol. The molecule has 6 heteroatoms. The van der Waals surface area contributed by atoms with Crippen molar-refractivity contribution in [3.8, 4) is 11.4 Å². The number of anilines is 2. The molecule has 0 saturated heterocycles. The molecule has 6 nitrogen and oxygen atoms in total. The molecule has 1 saturated carbocycles. The van der Waals surface area contributed by atoms with Crippen molar-refractivity contribution >= 4 is 17.3 Å². The Hall–Kier alpha value is -3.41. The lowest BCUT2D eigenvalue weighted by Gasteiger charge is -2.36. The van der Waals surface area contributed by atoms with E-state index < -0.39 is 0 Å². The summed E-state index contributed by atoms with van der Waals surface area (Å²) in [6.07, 6.45) is 5.95. The van der Waals surface area contributed by atoms with Gasteiger partial charge in [0, 0.05) is 41.5 Å². The Morgan fingerprint density at radius 1 is 1.07 bits per heavy atom. The van der Waals surface area contributed by atoms with Crippen molar-refractivity contribution in [2.45, 2.75) is 30.8 Å². The molecule has 1 aromatic heterocycles. The highest BCUT2D eigenvalue weighted by molar-refractivity contribution is 6.04. The Kier molecular flexibility index (Phi) is 3.45. The number of likely N-dealkylation sites (N-methyl/N-ethyl adjacent to an activating group) is 1. The summed E-state index contributed by atoms with van der Waals surface area (Å²) in [6, 6.07) is 16.3. The number of aromatic nitrogens is 2. The first-order chi connectivity index (χ1) is 14.2. The van der Waals surface area contributed by atoms with Gasteiger partial charge in [-0.05, 0) is 43.2 Å². The molecule has 0 N–H and O–H groups in total. The van der Waals surface area contributed by atoms with Crippen LogP contribution in [-0.4, -0.2) is 29.1 Å². The number of hydrogen-bond donors (Lipinski definition) is 0. The Labute approximate surface area is 168 Å². The molecule has 0 spiro atoms. The van der Waals surface area contributed by atoms with Crippen LogP contribution in [0.2, 0.25) is 0 Å². The van der Waals surface area contributed by atoms with E-state index in [4.69, 9.17) is 4.52 Å². The second-order valence-corrected chi connectivity index (χ2v) is 7.95. The lowest BCUT2D eigenvalue weighted by atomic mass is 9.97. The second kappa shape index (κ2) is 6.04. The van der Waals surface area contributed by atoms with Crippen molar-refractivity contribution < 1.29 is 9.32 Å². The summed E-state index contributed by atoms with van der Waals surface area (Å²) in [5.74, 6) is 1.77. The Bertz CT molecular complexity index is 1130. The van der Waals surface area contributed by atoms with Crippen LogP contribution < -0.4 is 9.80 Å². The second-order valence-electron chi connectivity index (χ2n) is 7.95. The van der Waals surface area contributed by atoms with E-state index in [1.165, 1.54) is 11.3 Å². The minimum atomic E-state index is -0.0359. The molecule has 144 valence electrons. The van der Waals surface area contributed by atoms with E-state index in [1.807, 2.05) is 47.4 Å². The molecule has 29 heavy (non-hydrogen) atoms. The first kappa shape index (κ1) is 16.5. The number of benzene rings is 2. The molecule has 2 atom stereocenters. The fraction of sp³-hybridized carbons (Fsp3) is 0.261. The van der Waals surface area contributed by atoms with Crippen LogP contribution in [0.1, 0.15) is 36.3 Å². The first-order valence-electron chi connectivity index (χ1n) is 9.98. The molecular formula is C23H20N4O2. The predicted molar refractivity (Wildman–Crippen MR) is 110 cm³/mol. The zero-order chi connectivity index (χ0) is 19.5. The SMILES string of the molecule is CN1c2ccccc2C2C1C=CC(=O)N2c1ccc(-c2noc(C3CC3)n2)cc1. The number of hydrogen-bond acceptors (Lipinski definition) is 5. The van der Waals surface area contributed by atoms with Crippen LogP contribution in [0.4, 0.5) is 11.4 Å². The number of carbonyl (C=O) groups excluding carboxylic acids is 1. The van der Waals surface area contributed by atoms with Crippen LogP contribution in [0.5, 0.6) is 0 Å². The van der Waals surface area contributed by atoms with Crippen molar-refractivity contribution in [1.29, 1.82) is 0 Å². The van der Waals surface area contributed by atoms with E-state index in [9.17, 15) is 4.79 Å². The van der Waals surface area contributed by atoms with Crippen molar-refractivity contribution in [3.05, 3.63) is 72.1 Å². The van der Waals surface area contributed by atoms with Crippen LogP contribution in [0.25, 0.3) is 11.4 Å². The largest absolute Gasteiger partial charge is 0.365 e. The van der Waals surface area contributed by atoms with Gasteiger partial charge in [0.2, 0.25) is 11.7 Å². The highest BCUT2D eigenvalue weighted by Crippen LogP contribution is 2.46. The number of fused-ring (bicyclic) bond motifs is 3. The van der Waals surface area contributed by atoms with E-state index in [0.29, 0.717) is 11.7 Å². The van der Waals surface area contributed by atoms with E-state index in [2.05, 4.69) is 34.2 Å². The van der Waals surface area contributed by atoms with E-state index in [0.717, 1.165) is 30.0 Å². The van der Waals surface area contributed by atoms with Gasteiger partial charge in [0.1, 0.15) is 0 Å². The predicted octanol–water partition coefficient (Wildman–Crippen LogP) is 4.08. The Morgan fingerprint density at radius 2 is 1.86 bits per heavy atom. The van der Waals surface area contributed by atoms with Gasteiger partial charge in [-0.1, -0.05) is 29.4 Å². The summed E-state index contributed by atoms with van der Waals surface area (Å²) >= 11 is 0. The Balaban J connectivity index is 1.36. The maximum atomic E-state index is 12.9. The monoisotopic (exact) mass is 384 g/mol. The molecule has 2 aromatic carbocycles. The highest BCUT2D eigenvalue weighted by atomic mass is 16.5. The summed E-state index contributed by atoms with van der Waals surface area (Å²) in [5, 5.41) is 4.11. The molecule has 3 aromatic rings. The molecule has 0 radical (unpaired) electrons. The van der Waals surface area contributed by atoms with Gasteiger partial charge in [-0.15, -0.1) is 0 Å². The van der Waals surface area contributed by atoms with Gasteiger partial charge in [-0.3, -0.25) is 9.69 Å². The molecule has 3 aliphatic rings. The van der Waals surface area contributed by atoms with Crippen molar-refractivity contribution in [2.24, 2.45) is 0 Å². The molecule has 2 unspecified atom stereocenters. The fourth-order valence-corrected chi connectivity index (χ4v) is 4.45. The zero-order valence-electron chi connectivity index (χ0n) is 16.0. The lowest BCUT2D eigenvalue weighted by molar-refractivity contribution is -0.115. The zero-order valence-corrected chi connectivity index (χ0v) is 16.0. The van der Waals surface area contributed by atoms with E-state index in [-0.39, 0.29) is 18.0 Å². The maximum Gasteiger partial charge on any atom is 0.251 e. The van der Waals surface area contributed by atoms with Gasteiger partial charge in [0.05, 0.1) is 12.1 Å². The van der Waals surface area contributed by atoms with Gasteiger partial charge in [0.25, 0.3) is 5.91 Å². The van der Waals surface area contributed by atoms with Crippen molar-refractivity contribution in [2.75, 3.05) is 16.8 Å². The molecule has 0 bridgehead atoms. The maximum absolute atomic E-state index is 12.9. The molecule has 2 aliphatic heterocycles. The highest BCUT2D eigenvalue weighted by Gasteiger charge is 2.43. The van der Waals surface area contributed by atoms with Crippen LogP contribution in [-0.2, 0) is 4.79 Å². The summed E-state index contributed by atoms with van der Waals surface area (Å²) in [4.78, 5) is 21.5. The fourth-order valence-electron chi connectivity index (χ4n) is 4.45. The summed E-state index contributed by atoms with van der Waals surface area (Å²) in [6.45, 7) is 0. The van der Waals surface area contributed by atoms with Crippen LogP contribution >= 0.6 is 0 Å². The van der Waals surface area contributed by atoms with Gasteiger partial charge in [-0.25, -0.2) is 0 Å². The van der Waals surface area contributed by atoms with Gasteiger partial charge in [-0.2, -0.15) is 4.98 Å². The van der Waals surface area contributed by atoms with Crippen LogP contribution in [0.15, 0.2) is 65.2 Å². The number of amides is 1. The number of rotatable bonds is 3. The third-order valence-electron chi connectivity index (χ3n) is 6.13. The van der Waals surface area contributed by atoms with Crippen LogP contribution in [0, 0.1) is 0 Å². The van der Waals surface area contributed by atoms with Gasteiger partial charge < -0.3 is 9.42 Å².